The van der Waals surface area contributed by atoms with Crippen molar-refractivity contribution in [3.63, 3.8) is 0 Å². The third kappa shape index (κ3) is 3.48. The van der Waals surface area contributed by atoms with Gasteiger partial charge in [-0.15, -0.1) is 11.3 Å². The van der Waals surface area contributed by atoms with Crippen molar-refractivity contribution in [1.82, 2.24) is 5.43 Å². The van der Waals surface area contributed by atoms with Crippen LogP contribution in [0.3, 0.4) is 0 Å². The second kappa shape index (κ2) is 6.39. The molecule has 2 rings (SSSR count). The van der Waals surface area contributed by atoms with Crippen molar-refractivity contribution >= 4 is 28.6 Å². The van der Waals surface area contributed by atoms with Gasteiger partial charge >= 0.3 is 0 Å². The van der Waals surface area contributed by atoms with E-state index in [0.717, 1.165) is 18.4 Å². The van der Waals surface area contributed by atoms with E-state index in [1.807, 2.05) is 23.5 Å². The van der Waals surface area contributed by atoms with Gasteiger partial charge in [0.25, 0.3) is 0 Å². The standard InChI is InChI=1S/C14H18ClN3S/c1-2-10-4-5-11(19-10)8-14(18-17)12-6-3-9(15)7-13(12)16/h3-7,14,18H,2,8,16-17H2,1H3. The minimum atomic E-state index is 0.000577. The van der Waals surface area contributed by atoms with Crippen molar-refractivity contribution in [3.05, 3.63) is 50.7 Å². The number of hydrazine groups is 1. The second-order valence-corrected chi connectivity index (χ2v) is 6.11. The molecule has 19 heavy (non-hydrogen) atoms. The van der Waals surface area contributed by atoms with E-state index in [-0.39, 0.29) is 6.04 Å². The van der Waals surface area contributed by atoms with Crippen LogP contribution in [0.1, 0.15) is 28.3 Å². The van der Waals surface area contributed by atoms with Crippen LogP contribution >= 0.6 is 22.9 Å². The molecule has 0 spiro atoms. The zero-order chi connectivity index (χ0) is 13.8. The highest BCUT2D eigenvalue weighted by Gasteiger charge is 2.15. The maximum Gasteiger partial charge on any atom is 0.0528 e. The van der Waals surface area contributed by atoms with Crippen molar-refractivity contribution in [1.29, 1.82) is 0 Å². The lowest BCUT2D eigenvalue weighted by atomic mass is 10.0. The van der Waals surface area contributed by atoms with Crippen LogP contribution in [0.2, 0.25) is 5.02 Å². The molecule has 1 aromatic heterocycles. The number of nitrogens with two attached hydrogens (primary N) is 2. The predicted molar refractivity (Wildman–Crippen MR) is 83.3 cm³/mol. The molecular weight excluding hydrogens is 278 g/mol. The summed E-state index contributed by atoms with van der Waals surface area (Å²) in [6.45, 7) is 2.16. The first-order chi connectivity index (χ1) is 9.13. The Bertz CT molecular complexity index is 553. The van der Waals surface area contributed by atoms with Crippen molar-refractivity contribution in [2.75, 3.05) is 5.73 Å². The molecule has 0 aliphatic carbocycles. The molecule has 0 fully saturated rings. The van der Waals surface area contributed by atoms with Gasteiger partial charge < -0.3 is 5.73 Å². The Balaban J connectivity index is 2.19. The Morgan fingerprint density at radius 1 is 1.26 bits per heavy atom. The quantitative estimate of drug-likeness (QED) is 0.450. The van der Waals surface area contributed by atoms with Crippen LogP contribution in [-0.2, 0) is 12.8 Å². The van der Waals surface area contributed by atoms with Crippen LogP contribution in [0.5, 0.6) is 0 Å². The molecule has 0 aliphatic rings. The van der Waals surface area contributed by atoms with E-state index in [1.54, 1.807) is 6.07 Å². The molecule has 1 aromatic carbocycles. The Labute approximate surface area is 122 Å². The molecule has 1 atom stereocenters. The monoisotopic (exact) mass is 295 g/mol. The lowest BCUT2D eigenvalue weighted by Crippen LogP contribution is -2.30. The number of aryl methyl sites for hydroxylation is 1. The molecule has 0 aliphatic heterocycles. The first-order valence-corrected chi connectivity index (χ1v) is 7.42. The van der Waals surface area contributed by atoms with Gasteiger partial charge in [-0.3, -0.25) is 11.3 Å². The Morgan fingerprint density at radius 3 is 2.58 bits per heavy atom. The van der Waals surface area contributed by atoms with Crippen molar-refractivity contribution in [3.8, 4) is 0 Å². The van der Waals surface area contributed by atoms with Crippen molar-refractivity contribution in [2.45, 2.75) is 25.8 Å². The van der Waals surface area contributed by atoms with Gasteiger partial charge in [-0.25, -0.2) is 0 Å². The molecule has 1 heterocycles. The van der Waals surface area contributed by atoms with Crippen LogP contribution in [0.25, 0.3) is 0 Å². The maximum absolute atomic E-state index is 6.01. The highest BCUT2D eigenvalue weighted by Crippen LogP contribution is 2.28. The summed E-state index contributed by atoms with van der Waals surface area (Å²) in [6.07, 6.45) is 1.89. The highest BCUT2D eigenvalue weighted by atomic mass is 35.5. The molecule has 0 amide bonds. The molecule has 5 N–H and O–H groups in total. The molecule has 0 radical (unpaired) electrons. The first-order valence-electron chi connectivity index (χ1n) is 6.22. The second-order valence-electron chi connectivity index (χ2n) is 4.42. The molecule has 0 bridgehead atoms. The first kappa shape index (κ1) is 14.3. The fraction of sp³-hybridized carbons (Fsp3) is 0.286. The summed E-state index contributed by atoms with van der Waals surface area (Å²) in [7, 11) is 0. The van der Waals surface area contributed by atoms with Crippen molar-refractivity contribution in [2.24, 2.45) is 5.84 Å². The Kier molecular flexibility index (Phi) is 4.82. The van der Waals surface area contributed by atoms with Crippen molar-refractivity contribution < 1.29 is 0 Å². The molecule has 0 saturated heterocycles. The van der Waals surface area contributed by atoms with Gasteiger partial charge in [-0.1, -0.05) is 24.6 Å². The van der Waals surface area contributed by atoms with E-state index >= 15 is 0 Å². The van der Waals surface area contributed by atoms with Crippen LogP contribution in [0.4, 0.5) is 5.69 Å². The minimum Gasteiger partial charge on any atom is -0.398 e. The van der Waals surface area contributed by atoms with Crippen LogP contribution in [-0.4, -0.2) is 0 Å². The number of nitrogens with one attached hydrogen (secondary N) is 1. The number of rotatable bonds is 5. The van der Waals surface area contributed by atoms with E-state index in [9.17, 15) is 0 Å². The van der Waals surface area contributed by atoms with Gasteiger partial charge in [-0.2, -0.15) is 0 Å². The fourth-order valence-corrected chi connectivity index (χ4v) is 3.23. The number of nitrogen functional groups attached to an aromatic ring is 1. The predicted octanol–water partition coefficient (Wildman–Crippen LogP) is 3.29. The summed E-state index contributed by atoms with van der Waals surface area (Å²) in [5.41, 5.74) is 10.5. The van der Waals surface area contributed by atoms with Crippen LogP contribution in [0, 0.1) is 0 Å². The zero-order valence-electron chi connectivity index (χ0n) is 10.8. The topological polar surface area (TPSA) is 64.1 Å². The van der Waals surface area contributed by atoms with Gasteiger partial charge in [0, 0.05) is 26.9 Å². The number of benzene rings is 1. The maximum atomic E-state index is 6.01. The zero-order valence-corrected chi connectivity index (χ0v) is 12.4. The van der Waals surface area contributed by atoms with E-state index in [1.165, 1.54) is 9.75 Å². The van der Waals surface area contributed by atoms with Crippen LogP contribution < -0.4 is 17.0 Å². The Hall–Kier alpha value is -1.07. The van der Waals surface area contributed by atoms with Gasteiger partial charge in [0.1, 0.15) is 0 Å². The smallest absolute Gasteiger partial charge is 0.0528 e. The third-order valence-electron chi connectivity index (χ3n) is 3.10. The summed E-state index contributed by atoms with van der Waals surface area (Å²) < 4.78 is 0. The number of thiophene rings is 1. The third-order valence-corrected chi connectivity index (χ3v) is 4.58. The average Bonchev–Trinajstić information content (AvgIpc) is 2.84. The minimum absolute atomic E-state index is 0.000577. The number of anilines is 1. The molecule has 5 heteroatoms. The van der Waals surface area contributed by atoms with Crippen LogP contribution in [0.15, 0.2) is 30.3 Å². The largest absolute Gasteiger partial charge is 0.398 e. The number of hydrogen-bond donors (Lipinski definition) is 3. The van der Waals surface area contributed by atoms with E-state index in [2.05, 4.69) is 24.5 Å². The summed E-state index contributed by atoms with van der Waals surface area (Å²) in [5, 5.41) is 0.640. The summed E-state index contributed by atoms with van der Waals surface area (Å²) in [6, 6.07) is 9.84. The van der Waals surface area contributed by atoms with E-state index in [4.69, 9.17) is 23.2 Å². The summed E-state index contributed by atoms with van der Waals surface area (Å²) in [5.74, 6) is 5.66. The highest BCUT2D eigenvalue weighted by molar-refractivity contribution is 7.11. The van der Waals surface area contributed by atoms with Gasteiger partial charge in [-0.05, 0) is 36.2 Å². The lowest BCUT2D eigenvalue weighted by molar-refractivity contribution is 0.557. The Morgan fingerprint density at radius 2 is 2.00 bits per heavy atom. The number of halogens is 1. The summed E-state index contributed by atoms with van der Waals surface area (Å²) in [4.78, 5) is 2.68. The molecule has 0 saturated carbocycles. The molecule has 2 aromatic rings. The molecule has 102 valence electrons. The van der Waals surface area contributed by atoms with Gasteiger partial charge in [0.05, 0.1) is 6.04 Å². The van der Waals surface area contributed by atoms with Gasteiger partial charge in [0.2, 0.25) is 0 Å². The number of hydrogen-bond acceptors (Lipinski definition) is 4. The molecule has 3 nitrogen and oxygen atoms in total. The van der Waals surface area contributed by atoms with E-state index < -0.39 is 0 Å². The normalized spacial score (nSPS) is 12.6. The lowest BCUT2D eigenvalue weighted by Gasteiger charge is -2.17. The molecule has 1 unspecified atom stereocenters. The molecular formula is C14H18ClN3S. The summed E-state index contributed by atoms with van der Waals surface area (Å²) >= 11 is 7.74. The van der Waals surface area contributed by atoms with Gasteiger partial charge in [0.15, 0.2) is 0 Å². The fourth-order valence-electron chi connectivity index (χ4n) is 2.04. The SMILES string of the molecule is CCc1ccc(CC(NN)c2ccc(Cl)cc2N)s1. The van der Waals surface area contributed by atoms with E-state index in [0.29, 0.717) is 10.7 Å². The average molecular weight is 296 g/mol.